The summed E-state index contributed by atoms with van der Waals surface area (Å²) in [5.41, 5.74) is 0. The lowest BCUT2D eigenvalue weighted by Gasteiger charge is -2.30. The van der Waals surface area contributed by atoms with Crippen LogP contribution in [0.2, 0.25) is 0 Å². The number of hydrogen-bond donors (Lipinski definition) is 0. The van der Waals surface area contributed by atoms with E-state index in [2.05, 4.69) is 9.80 Å². The molecule has 0 saturated carbocycles. The first-order valence-corrected chi connectivity index (χ1v) is 8.96. The van der Waals surface area contributed by atoms with Crippen molar-refractivity contribution in [1.82, 2.24) is 9.80 Å². The van der Waals surface area contributed by atoms with E-state index in [0.29, 0.717) is 0 Å². The summed E-state index contributed by atoms with van der Waals surface area (Å²) in [6.07, 6.45) is 0. The first-order chi connectivity index (χ1) is 9.20. The molecule has 4 unspecified atom stereocenters. The summed E-state index contributed by atoms with van der Waals surface area (Å²) in [5.74, 6) is 0. The van der Waals surface area contributed by atoms with Gasteiger partial charge in [-0.25, -0.2) is 0 Å². The van der Waals surface area contributed by atoms with Gasteiger partial charge in [0.2, 0.25) is 0 Å². The Balaban J connectivity index is 4.35. The van der Waals surface area contributed by atoms with Gasteiger partial charge in [-0.15, -0.1) is 46.4 Å². The molecule has 0 aliphatic heterocycles. The SMILES string of the molecule is CC(Cl)CN(CCN(CC(C)Cl)CC(C)Cl)CC(C)Cl. The van der Waals surface area contributed by atoms with Crippen molar-refractivity contribution in [2.24, 2.45) is 0 Å². The number of alkyl halides is 4. The molecule has 4 atom stereocenters. The predicted molar refractivity (Wildman–Crippen MR) is 94.1 cm³/mol. The fourth-order valence-electron chi connectivity index (χ4n) is 2.22. The quantitative estimate of drug-likeness (QED) is 0.508. The Morgan fingerprint density at radius 2 is 0.750 bits per heavy atom. The van der Waals surface area contributed by atoms with Crippen molar-refractivity contribution in [1.29, 1.82) is 0 Å². The van der Waals surface area contributed by atoms with Gasteiger partial charge in [-0.1, -0.05) is 0 Å². The molecule has 0 aliphatic rings. The lowest BCUT2D eigenvalue weighted by Crippen LogP contribution is -2.42. The molecule has 20 heavy (non-hydrogen) atoms. The van der Waals surface area contributed by atoms with E-state index in [0.717, 1.165) is 39.3 Å². The van der Waals surface area contributed by atoms with E-state index < -0.39 is 0 Å². The highest BCUT2D eigenvalue weighted by atomic mass is 35.5. The number of halogens is 4. The van der Waals surface area contributed by atoms with E-state index in [4.69, 9.17) is 46.4 Å². The van der Waals surface area contributed by atoms with Gasteiger partial charge in [-0.2, -0.15) is 0 Å². The molecule has 0 radical (unpaired) electrons. The highest BCUT2D eigenvalue weighted by Gasteiger charge is 2.15. The van der Waals surface area contributed by atoms with Crippen LogP contribution in [0.1, 0.15) is 27.7 Å². The highest BCUT2D eigenvalue weighted by Crippen LogP contribution is 2.07. The van der Waals surface area contributed by atoms with Gasteiger partial charge >= 0.3 is 0 Å². The van der Waals surface area contributed by atoms with E-state index >= 15 is 0 Å². The Morgan fingerprint density at radius 1 is 0.550 bits per heavy atom. The van der Waals surface area contributed by atoms with Crippen molar-refractivity contribution in [2.45, 2.75) is 49.2 Å². The van der Waals surface area contributed by atoms with Crippen LogP contribution in [0.3, 0.4) is 0 Å². The Bertz CT molecular complexity index is 191. The van der Waals surface area contributed by atoms with Crippen LogP contribution in [0.4, 0.5) is 0 Å². The molecule has 0 heterocycles. The molecule has 0 aromatic heterocycles. The van der Waals surface area contributed by atoms with E-state index in [9.17, 15) is 0 Å². The minimum absolute atomic E-state index is 0.123. The minimum Gasteiger partial charge on any atom is -0.299 e. The van der Waals surface area contributed by atoms with Gasteiger partial charge in [-0.3, -0.25) is 9.80 Å². The maximum Gasteiger partial charge on any atom is 0.0435 e. The Labute approximate surface area is 144 Å². The molecule has 0 rings (SSSR count). The summed E-state index contributed by atoms with van der Waals surface area (Å²) in [7, 11) is 0. The van der Waals surface area contributed by atoms with Gasteiger partial charge in [0.05, 0.1) is 0 Å². The van der Waals surface area contributed by atoms with Gasteiger partial charge in [-0.05, 0) is 27.7 Å². The Kier molecular flexibility index (Phi) is 12.2. The molecule has 0 aromatic rings. The first-order valence-electron chi connectivity index (χ1n) is 7.21. The van der Waals surface area contributed by atoms with Crippen LogP contribution in [0, 0.1) is 0 Å². The topological polar surface area (TPSA) is 6.48 Å². The summed E-state index contributed by atoms with van der Waals surface area (Å²) >= 11 is 24.4. The largest absolute Gasteiger partial charge is 0.299 e. The van der Waals surface area contributed by atoms with E-state index in [1.165, 1.54) is 0 Å². The van der Waals surface area contributed by atoms with E-state index in [1.807, 2.05) is 27.7 Å². The van der Waals surface area contributed by atoms with Gasteiger partial charge < -0.3 is 0 Å². The molecule has 0 saturated heterocycles. The molecule has 0 N–H and O–H groups in total. The first kappa shape index (κ1) is 21.1. The van der Waals surface area contributed by atoms with E-state index in [-0.39, 0.29) is 21.5 Å². The zero-order chi connectivity index (χ0) is 15.7. The van der Waals surface area contributed by atoms with Crippen molar-refractivity contribution >= 4 is 46.4 Å². The lowest BCUT2D eigenvalue weighted by molar-refractivity contribution is 0.206. The third-order valence-electron chi connectivity index (χ3n) is 2.77. The maximum atomic E-state index is 6.10. The molecule has 0 spiro atoms. The van der Waals surface area contributed by atoms with Crippen LogP contribution >= 0.6 is 46.4 Å². The Hall–Kier alpha value is 1.08. The van der Waals surface area contributed by atoms with Crippen molar-refractivity contribution in [3.63, 3.8) is 0 Å². The van der Waals surface area contributed by atoms with Crippen LogP contribution in [-0.2, 0) is 0 Å². The number of nitrogens with zero attached hydrogens (tertiary/aromatic N) is 2. The van der Waals surface area contributed by atoms with Crippen LogP contribution in [0.15, 0.2) is 0 Å². The molecular formula is C14H28Cl4N2. The van der Waals surface area contributed by atoms with Gasteiger partial charge in [0, 0.05) is 60.8 Å². The zero-order valence-electron chi connectivity index (χ0n) is 13.0. The van der Waals surface area contributed by atoms with Crippen LogP contribution in [-0.4, -0.2) is 70.6 Å². The fraction of sp³-hybridized carbons (Fsp3) is 1.00. The third-order valence-corrected chi connectivity index (χ3v) is 3.32. The average molecular weight is 366 g/mol. The lowest BCUT2D eigenvalue weighted by atomic mass is 10.3. The summed E-state index contributed by atoms with van der Waals surface area (Å²) in [6.45, 7) is 13.3. The number of hydrogen-bond acceptors (Lipinski definition) is 2. The van der Waals surface area contributed by atoms with Crippen LogP contribution < -0.4 is 0 Å². The predicted octanol–water partition coefficient (Wildman–Crippen LogP) is 4.10. The molecule has 122 valence electrons. The molecule has 6 heteroatoms. The zero-order valence-corrected chi connectivity index (χ0v) is 16.0. The van der Waals surface area contributed by atoms with E-state index in [1.54, 1.807) is 0 Å². The van der Waals surface area contributed by atoms with Gasteiger partial charge in [0.25, 0.3) is 0 Å². The molecule has 0 bridgehead atoms. The van der Waals surface area contributed by atoms with Crippen LogP contribution in [0.5, 0.6) is 0 Å². The van der Waals surface area contributed by atoms with Gasteiger partial charge in [0.1, 0.15) is 0 Å². The molecule has 0 fully saturated rings. The third kappa shape index (κ3) is 12.8. The summed E-state index contributed by atoms with van der Waals surface area (Å²) in [6, 6.07) is 0. The highest BCUT2D eigenvalue weighted by molar-refractivity contribution is 6.21. The van der Waals surface area contributed by atoms with Crippen LogP contribution in [0.25, 0.3) is 0 Å². The normalized spacial score (nSPS) is 18.3. The second-order valence-electron chi connectivity index (χ2n) is 5.64. The van der Waals surface area contributed by atoms with Gasteiger partial charge in [0.15, 0.2) is 0 Å². The minimum atomic E-state index is 0.123. The molecule has 0 aromatic carbocycles. The standard InChI is InChI=1S/C14H28Cl4N2/c1-11(15)7-19(8-12(2)16)5-6-20(9-13(3)17)10-14(4)18/h11-14H,5-10H2,1-4H3. The van der Waals surface area contributed by atoms with Crippen molar-refractivity contribution in [2.75, 3.05) is 39.3 Å². The summed E-state index contributed by atoms with van der Waals surface area (Å²) in [5, 5.41) is 0.492. The Morgan fingerprint density at radius 3 is 0.900 bits per heavy atom. The summed E-state index contributed by atoms with van der Waals surface area (Å²) in [4.78, 5) is 4.61. The maximum absolute atomic E-state index is 6.10. The van der Waals surface area contributed by atoms with Crippen molar-refractivity contribution in [3.8, 4) is 0 Å². The molecular weight excluding hydrogens is 338 g/mol. The molecule has 0 aliphatic carbocycles. The monoisotopic (exact) mass is 364 g/mol. The fourth-order valence-corrected chi connectivity index (χ4v) is 3.00. The van der Waals surface area contributed by atoms with Crippen molar-refractivity contribution in [3.05, 3.63) is 0 Å². The second kappa shape index (κ2) is 11.6. The number of rotatable bonds is 11. The smallest absolute Gasteiger partial charge is 0.0435 e. The molecule has 2 nitrogen and oxygen atoms in total. The van der Waals surface area contributed by atoms with Crippen molar-refractivity contribution < 1.29 is 0 Å². The second-order valence-corrected chi connectivity index (χ2v) is 8.62. The molecule has 0 amide bonds. The summed E-state index contributed by atoms with van der Waals surface area (Å²) < 4.78 is 0. The average Bonchev–Trinajstić information content (AvgIpc) is 2.22.